The molecular weight excluding hydrogens is 206 g/mol. The normalized spacial score (nSPS) is 33.7. The maximum Gasteiger partial charge on any atom is 0.315 e. The molecule has 0 aliphatic heterocycles. The minimum absolute atomic E-state index is 0.352. The Balaban J connectivity index is 1.75. The third kappa shape index (κ3) is 2.20. The second-order valence-electron chi connectivity index (χ2n) is 5.24. The zero-order valence-corrected chi connectivity index (χ0v) is 9.61. The monoisotopic (exact) mass is 225 g/mol. The molecule has 0 heterocycles. The number of hydrogen-bond acceptors (Lipinski definition) is 2. The molecule has 4 nitrogen and oxygen atoms in total. The molecule has 90 valence electrons. The van der Waals surface area contributed by atoms with Gasteiger partial charge in [-0.2, -0.15) is 0 Å². The highest BCUT2D eigenvalue weighted by Crippen LogP contribution is 2.47. The van der Waals surface area contributed by atoms with Crippen LogP contribution in [-0.2, 0) is 9.59 Å². The average Bonchev–Trinajstić information content (AvgIpc) is 2.86. The van der Waals surface area contributed by atoms with E-state index in [4.69, 9.17) is 5.11 Å². The van der Waals surface area contributed by atoms with Crippen LogP contribution in [0.2, 0.25) is 0 Å². The van der Waals surface area contributed by atoms with Crippen LogP contribution in [0.1, 0.15) is 32.6 Å². The Morgan fingerprint density at radius 3 is 2.62 bits per heavy atom. The number of carboxylic acid groups (broad SMARTS) is 1. The lowest BCUT2D eigenvalue weighted by molar-refractivity contribution is -0.146. The van der Waals surface area contributed by atoms with E-state index in [1.54, 1.807) is 0 Å². The van der Waals surface area contributed by atoms with Gasteiger partial charge in [-0.15, -0.1) is 0 Å². The molecule has 0 aromatic carbocycles. The standard InChI is InChI=1S/C12H19NO3/c1-7(12(15)16)11(14)13-6-10-5-8-2-3-9(10)4-8/h7-10H,2-6H2,1H3,(H,13,14)(H,15,16). The summed E-state index contributed by atoms with van der Waals surface area (Å²) in [7, 11) is 0. The number of nitrogens with one attached hydrogen (secondary N) is 1. The zero-order valence-electron chi connectivity index (χ0n) is 9.61. The van der Waals surface area contributed by atoms with E-state index in [1.165, 1.54) is 32.6 Å². The molecule has 0 spiro atoms. The molecule has 4 unspecified atom stereocenters. The predicted octanol–water partition coefficient (Wildman–Crippen LogP) is 1.26. The fourth-order valence-electron chi connectivity index (χ4n) is 3.12. The van der Waals surface area contributed by atoms with Crippen molar-refractivity contribution in [3.8, 4) is 0 Å². The van der Waals surface area contributed by atoms with Crippen LogP contribution in [0.15, 0.2) is 0 Å². The summed E-state index contributed by atoms with van der Waals surface area (Å²) in [6, 6.07) is 0. The topological polar surface area (TPSA) is 66.4 Å². The molecule has 0 aromatic heterocycles. The fourth-order valence-corrected chi connectivity index (χ4v) is 3.12. The molecule has 16 heavy (non-hydrogen) atoms. The molecule has 0 saturated heterocycles. The van der Waals surface area contributed by atoms with Gasteiger partial charge in [0.05, 0.1) is 0 Å². The van der Waals surface area contributed by atoms with Crippen molar-refractivity contribution in [3.63, 3.8) is 0 Å². The minimum Gasteiger partial charge on any atom is -0.481 e. The van der Waals surface area contributed by atoms with Crippen LogP contribution in [-0.4, -0.2) is 23.5 Å². The molecule has 2 fully saturated rings. The van der Waals surface area contributed by atoms with Crippen molar-refractivity contribution in [1.29, 1.82) is 0 Å². The number of amides is 1. The predicted molar refractivity (Wildman–Crippen MR) is 58.7 cm³/mol. The van der Waals surface area contributed by atoms with Gasteiger partial charge in [-0.25, -0.2) is 0 Å². The molecule has 0 aromatic rings. The van der Waals surface area contributed by atoms with Crippen LogP contribution in [0, 0.1) is 23.7 Å². The molecular formula is C12H19NO3. The highest BCUT2D eigenvalue weighted by Gasteiger charge is 2.39. The van der Waals surface area contributed by atoms with Gasteiger partial charge in [0, 0.05) is 6.54 Å². The van der Waals surface area contributed by atoms with Crippen LogP contribution in [0.3, 0.4) is 0 Å². The first-order valence-electron chi connectivity index (χ1n) is 6.08. The second-order valence-corrected chi connectivity index (χ2v) is 5.24. The van der Waals surface area contributed by atoms with E-state index in [1.807, 2.05) is 0 Å². The van der Waals surface area contributed by atoms with E-state index in [0.29, 0.717) is 12.5 Å². The molecule has 2 aliphatic carbocycles. The Bertz CT molecular complexity index is 303. The molecule has 2 rings (SSSR count). The average molecular weight is 225 g/mol. The maximum atomic E-state index is 11.5. The van der Waals surface area contributed by atoms with Gasteiger partial charge in [-0.3, -0.25) is 9.59 Å². The van der Waals surface area contributed by atoms with Crippen LogP contribution in [0.4, 0.5) is 0 Å². The van der Waals surface area contributed by atoms with E-state index < -0.39 is 11.9 Å². The third-order valence-electron chi connectivity index (χ3n) is 4.19. The number of fused-ring (bicyclic) bond motifs is 2. The summed E-state index contributed by atoms with van der Waals surface area (Å²) in [6.07, 6.45) is 5.17. The Morgan fingerprint density at radius 2 is 2.12 bits per heavy atom. The summed E-state index contributed by atoms with van der Waals surface area (Å²) >= 11 is 0. The number of carbonyl (C=O) groups is 2. The van der Waals surface area contributed by atoms with Gasteiger partial charge in [-0.05, 0) is 43.9 Å². The van der Waals surface area contributed by atoms with Crippen LogP contribution < -0.4 is 5.32 Å². The lowest BCUT2D eigenvalue weighted by Crippen LogP contribution is -2.37. The smallest absolute Gasteiger partial charge is 0.315 e. The number of carbonyl (C=O) groups excluding carboxylic acids is 1. The van der Waals surface area contributed by atoms with Crippen molar-refractivity contribution in [1.82, 2.24) is 5.32 Å². The molecule has 2 saturated carbocycles. The quantitative estimate of drug-likeness (QED) is 0.708. The minimum atomic E-state index is -1.05. The zero-order chi connectivity index (χ0) is 11.7. The molecule has 1 amide bonds. The summed E-state index contributed by atoms with van der Waals surface area (Å²) < 4.78 is 0. The number of hydrogen-bond donors (Lipinski definition) is 2. The first-order chi connectivity index (χ1) is 7.58. The first kappa shape index (κ1) is 11.4. The first-order valence-corrected chi connectivity index (χ1v) is 6.08. The van der Waals surface area contributed by atoms with Gasteiger partial charge in [0.1, 0.15) is 5.92 Å². The highest BCUT2D eigenvalue weighted by atomic mass is 16.4. The molecule has 2 aliphatic rings. The van der Waals surface area contributed by atoms with Crippen LogP contribution in [0.25, 0.3) is 0 Å². The van der Waals surface area contributed by atoms with E-state index in [9.17, 15) is 9.59 Å². The van der Waals surface area contributed by atoms with Gasteiger partial charge in [0.15, 0.2) is 0 Å². The van der Waals surface area contributed by atoms with E-state index >= 15 is 0 Å². The van der Waals surface area contributed by atoms with Gasteiger partial charge in [-0.1, -0.05) is 6.42 Å². The van der Waals surface area contributed by atoms with Gasteiger partial charge >= 0.3 is 5.97 Å². The lowest BCUT2D eigenvalue weighted by atomic mass is 9.89. The highest BCUT2D eigenvalue weighted by molar-refractivity contribution is 5.96. The SMILES string of the molecule is CC(C(=O)O)C(=O)NCC1CC2CCC1C2. The summed E-state index contributed by atoms with van der Waals surface area (Å²) in [5, 5.41) is 11.5. The fraction of sp³-hybridized carbons (Fsp3) is 0.833. The van der Waals surface area contributed by atoms with Crippen molar-refractivity contribution in [3.05, 3.63) is 0 Å². The summed E-state index contributed by atoms with van der Waals surface area (Å²) in [5.74, 6) is -0.114. The number of carboxylic acids is 1. The second kappa shape index (κ2) is 4.44. The van der Waals surface area contributed by atoms with Gasteiger partial charge in [0.2, 0.25) is 5.91 Å². The van der Waals surface area contributed by atoms with Crippen molar-refractivity contribution >= 4 is 11.9 Å². The Kier molecular flexibility index (Phi) is 3.17. The van der Waals surface area contributed by atoms with Crippen molar-refractivity contribution in [2.75, 3.05) is 6.54 Å². The largest absolute Gasteiger partial charge is 0.481 e. The van der Waals surface area contributed by atoms with E-state index in [0.717, 1.165) is 11.8 Å². The van der Waals surface area contributed by atoms with Crippen molar-refractivity contribution in [2.24, 2.45) is 23.7 Å². The molecule has 4 atom stereocenters. The summed E-state index contributed by atoms with van der Waals surface area (Å²) in [6.45, 7) is 2.09. The van der Waals surface area contributed by atoms with E-state index in [2.05, 4.69) is 5.32 Å². The van der Waals surface area contributed by atoms with Gasteiger partial charge in [0.25, 0.3) is 0 Å². The molecule has 4 heteroatoms. The van der Waals surface area contributed by atoms with Crippen molar-refractivity contribution in [2.45, 2.75) is 32.6 Å². The number of rotatable bonds is 4. The van der Waals surface area contributed by atoms with Gasteiger partial charge < -0.3 is 10.4 Å². The molecule has 0 radical (unpaired) electrons. The summed E-state index contributed by atoms with van der Waals surface area (Å²) in [5.41, 5.74) is 0. The third-order valence-corrected chi connectivity index (χ3v) is 4.19. The van der Waals surface area contributed by atoms with Crippen LogP contribution in [0.5, 0.6) is 0 Å². The lowest BCUT2D eigenvalue weighted by Gasteiger charge is -2.22. The molecule has 2 bridgehead atoms. The maximum absolute atomic E-state index is 11.5. The Morgan fingerprint density at radius 1 is 1.38 bits per heavy atom. The summed E-state index contributed by atoms with van der Waals surface area (Å²) in [4.78, 5) is 22.1. The number of aliphatic carboxylic acids is 1. The molecule has 2 N–H and O–H groups in total. The van der Waals surface area contributed by atoms with E-state index in [-0.39, 0.29) is 5.91 Å². The Labute approximate surface area is 95.4 Å². The van der Waals surface area contributed by atoms with Crippen LogP contribution >= 0.6 is 0 Å². The van der Waals surface area contributed by atoms with Crippen molar-refractivity contribution < 1.29 is 14.7 Å². The Hall–Kier alpha value is -1.06.